The molecule has 4 rings (SSSR count). The molecule has 2 aromatic rings. The molecule has 156 valence electrons. The highest BCUT2D eigenvalue weighted by molar-refractivity contribution is 6.20. The van der Waals surface area contributed by atoms with Gasteiger partial charge in [-0.3, -0.25) is 14.5 Å². The average Bonchev–Trinajstić information content (AvgIpc) is 3.36. The molecule has 0 spiro atoms. The van der Waals surface area contributed by atoms with Crippen molar-refractivity contribution in [2.75, 3.05) is 23.9 Å². The molecular formula is C23H25N3O4. The van der Waals surface area contributed by atoms with E-state index < -0.39 is 0 Å². The largest absolute Gasteiger partial charge is 0.497 e. The van der Waals surface area contributed by atoms with Crippen LogP contribution < -0.4 is 15.0 Å². The number of methoxy groups -OCH3 is 1. The third-order valence-corrected chi connectivity index (χ3v) is 5.73. The number of likely N-dealkylation sites (tertiary alicyclic amines) is 1. The lowest BCUT2D eigenvalue weighted by Gasteiger charge is -2.26. The molecule has 2 saturated heterocycles. The van der Waals surface area contributed by atoms with Crippen molar-refractivity contribution >= 4 is 29.2 Å². The van der Waals surface area contributed by atoms with Crippen molar-refractivity contribution in [3.63, 3.8) is 0 Å². The van der Waals surface area contributed by atoms with Gasteiger partial charge in [-0.25, -0.2) is 4.79 Å². The molecule has 1 atom stereocenters. The number of nitrogens with zero attached hydrogens (tertiary/aromatic N) is 2. The first-order chi connectivity index (χ1) is 14.5. The summed E-state index contributed by atoms with van der Waals surface area (Å²) in [7, 11) is 1.63. The number of hydrogen-bond donors (Lipinski definition) is 1. The molecule has 30 heavy (non-hydrogen) atoms. The van der Waals surface area contributed by atoms with Gasteiger partial charge in [-0.05, 0) is 61.2 Å². The first-order valence-electron chi connectivity index (χ1n) is 10.2. The molecule has 1 N–H and O–H groups in total. The third-order valence-electron chi connectivity index (χ3n) is 5.73. The zero-order valence-electron chi connectivity index (χ0n) is 17.2. The van der Waals surface area contributed by atoms with E-state index in [4.69, 9.17) is 4.74 Å². The summed E-state index contributed by atoms with van der Waals surface area (Å²) >= 11 is 0. The second-order valence-corrected chi connectivity index (χ2v) is 7.68. The predicted octanol–water partition coefficient (Wildman–Crippen LogP) is 4.03. The van der Waals surface area contributed by atoms with Gasteiger partial charge in [-0.15, -0.1) is 0 Å². The zero-order chi connectivity index (χ0) is 21.3. The van der Waals surface area contributed by atoms with Crippen molar-refractivity contribution in [3.8, 4) is 5.75 Å². The fraction of sp³-hybridized carbons (Fsp3) is 0.348. The number of aryl methyl sites for hydroxylation is 1. The first-order valence-corrected chi connectivity index (χ1v) is 10.2. The Kier molecular flexibility index (Phi) is 5.44. The fourth-order valence-electron chi connectivity index (χ4n) is 4.23. The minimum absolute atomic E-state index is 0.000290. The van der Waals surface area contributed by atoms with E-state index in [-0.39, 0.29) is 36.7 Å². The van der Waals surface area contributed by atoms with E-state index in [0.717, 1.165) is 29.7 Å². The molecule has 0 unspecified atom stereocenters. The molecule has 2 heterocycles. The van der Waals surface area contributed by atoms with Gasteiger partial charge in [0.05, 0.1) is 18.8 Å². The summed E-state index contributed by atoms with van der Waals surface area (Å²) < 4.78 is 5.32. The lowest BCUT2D eigenvalue weighted by atomic mass is 10.0. The zero-order valence-corrected chi connectivity index (χ0v) is 17.2. The van der Waals surface area contributed by atoms with Crippen molar-refractivity contribution < 1.29 is 19.1 Å². The smallest absolute Gasteiger partial charge is 0.322 e. The van der Waals surface area contributed by atoms with Crippen molar-refractivity contribution in [2.45, 2.75) is 38.6 Å². The number of carbonyl (C=O) groups is 3. The predicted molar refractivity (Wildman–Crippen MR) is 114 cm³/mol. The Balaban J connectivity index is 1.50. The quantitative estimate of drug-likeness (QED) is 0.777. The van der Waals surface area contributed by atoms with Crippen LogP contribution in [0.3, 0.4) is 0 Å². The van der Waals surface area contributed by atoms with Gasteiger partial charge in [0.1, 0.15) is 5.75 Å². The molecule has 0 aliphatic carbocycles. The Bertz CT molecular complexity index is 988. The van der Waals surface area contributed by atoms with Crippen LogP contribution in [0, 0.1) is 6.92 Å². The summed E-state index contributed by atoms with van der Waals surface area (Å²) in [4.78, 5) is 40.1. The van der Waals surface area contributed by atoms with Crippen LogP contribution >= 0.6 is 0 Å². The highest BCUT2D eigenvalue weighted by atomic mass is 16.5. The van der Waals surface area contributed by atoms with E-state index in [1.807, 2.05) is 36.1 Å². The topological polar surface area (TPSA) is 79.0 Å². The first kappa shape index (κ1) is 19.9. The van der Waals surface area contributed by atoms with Crippen LogP contribution in [0.1, 0.15) is 42.9 Å². The van der Waals surface area contributed by atoms with Crippen LogP contribution in [0.2, 0.25) is 0 Å². The minimum atomic E-state index is -0.182. The van der Waals surface area contributed by atoms with Gasteiger partial charge in [0.15, 0.2) is 0 Å². The van der Waals surface area contributed by atoms with Crippen LogP contribution in [0.4, 0.5) is 16.2 Å². The summed E-state index contributed by atoms with van der Waals surface area (Å²) in [6, 6.07) is 12.9. The second kappa shape index (κ2) is 8.18. The summed E-state index contributed by atoms with van der Waals surface area (Å²) in [6.07, 6.45) is 2.33. The Morgan fingerprint density at radius 1 is 1.10 bits per heavy atom. The molecule has 2 aliphatic rings. The van der Waals surface area contributed by atoms with E-state index in [1.54, 1.807) is 25.3 Å². The number of ether oxygens (including phenoxy) is 1. The van der Waals surface area contributed by atoms with Gasteiger partial charge in [0.25, 0.3) is 0 Å². The molecule has 0 saturated carbocycles. The number of carbonyl (C=O) groups excluding carboxylic acids is 3. The SMILES string of the molecule is COc1cccc([C@@H]2CCCN2C(=O)Nc2ccc(N3C(=O)CCC3=O)c(C)c2)c1. The molecule has 7 nitrogen and oxygen atoms in total. The highest BCUT2D eigenvalue weighted by Crippen LogP contribution is 2.34. The number of amides is 4. The Morgan fingerprint density at radius 3 is 2.57 bits per heavy atom. The molecule has 2 aliphatic heterocycles. The van der Waals surface area contributed by atoms with Crippen LogP contribution in [0.15, 0.2) is 42.5 Å². The molecule has 0 aromatic heterocycles. The molecule has 2 fully saturated rings. The number of benzene rings is 2. The Morgan fingerprint density at radius 2 is 1.87 bits per heavy atom. The van der Waals surface area contributed by atoms with Crippen LogP contribution in [-0.2, 0) is 9.59 Å². The fourth-order valence-corrected chi connectivity index (χ4v) is 4.23. The third kappa shape index (κ3) is 3.75. The second-order valence-electron chi connectivity index (χ2n) is 7.68. The maximum Gasteiger partial charge on any atom is 0.322 e. The van der Waals surface area contributed by atoms with E-state index in [9.17, 15) is 14.4 Å². The molecule has 0 radical (unpaired) electrons. The minimum Gasteiger partial charge on any atom is -0.497 e. The average molecular weight is 407 g/mol. The standard InChI is InChI=1S/C23H25N3O4/c1-15-13-17(8-9-19(15)26-21(27)10-11-22(26)28)24-23(29)25-12-4-7-20(25)16-5-3-6-18(14-16)30-2/h3,5-6,8-9,13-14,20H,4,7,10-12H2,1-2H3,(H,24,29)/t20-/m0/s1. The highest BCUT2D eigenvalue weighted by Gasteiger charge is 2.32. The van der Waals surface area contributed by atoms with Crippen molar-refractivity contribution in [1.82, 2.24) is 4.90 Å². The molecular weight excluding hydrogens is 382 g/mol. The summed E-state index contributed by atoms with van der Waals surface area (Å²) in [5, 5.41) is 2.96. The maximum atomic E-state index is 13.0. The number of anilines is 2. The van der Waals surface area contributed by atoms with Gasteiger partial charge >= 0.3 is 6.03 Å². The normalized spacial score (nSPS) is 18.8. The monoisotopic (exact) mass is 407 g/mol. The number of rotatable bonds is 4. The summed E-state index contributed by atoms with van der Waals surface area (Å²) in [5.41, 5.74) is 3.04. The molecule has 7 heteroatoms. The van der Waals surface area contributed by atoms with Crippen LogP contribution in [0.25, 0.3) is 0 Å². The van der Waals surface area contributed by atoms with Crippen molar-refractivity contribution in [1.29, 1.82) is 0 Å². The number of nitrogens with one attached hydrogen (secondary N) is 1. The Hall–Kier alpha value is -3.35. The summed E-state index contributed by atoms with van der Waals surface area (Å²) in [6.45, 7) is 2.51. The maximum absolute atomic E-state index is 13.0. The van der Waals surface area contributed by atoms with Crippen LogP contribution in [-0.4, -0.2) is 36.4 Å². The lowest BCUT2D eigenvalue weighted by Crippen LogP contribution is -2.34. The van der Waals surface area contributed by atoms with E-state index in [1.165, 1.54) is 4.90 Å². The molecule has 0 bridgehead atoms. The number of urea groups is 1. The van der Waals surface area contributed by atoms with Gasteiger partial charge in [-0.2, -0.15) is 0 Å². The van der Waals surface area contributed by atoms with Crippen molar-refractivity contribution in [3.05, 3.63) is 53.6 Å². The van der Waals surface area contributed by atoms with Crippen LogP contribution in [0.5, 0.6) is 5.75 Å². The lowest BCUT2D eigenvalue weighted by molar-refractivity contribution is -0.121. The van der Waals surface area contributed by atoms with Crippen molar-refractivity contribution in [2.24, 2.45) is 0 Å². The Labute approximate surface area is 175 Å². The molecule has 4 amide bonds. The van der Waals surface area contributed by atoms with Gasteiger partial charge < -0.3 is 15.0 Å². The van der Waals surface area contributed by atoms with E-state index in [2.05, 4.69) is 5.32 Å². The molecule has 2 aromatic carbocycles. The summed E-state index contributed by atoms with van der Waals surface area (Å²) in [5.74, 6) is 0.410. The van der Waals surface area contributed by atoms with E-state index in [0.29, 0.717) is 17.9 Å². The van der Waals surface area contributed by atoms with Gasteiger partial charge in [0, 0.05) is 25.1 Å². The van der Waals surface area contributed by atoms with Gasteiger partial charge in [-0.1, -0.05) is 12.1 Å². The number of imide groups is 1. The van der Waals surface area contributed by atoms with E-state index >= 15 is 0 Å². The number of hydrogen-bond acceptors (Lipinski definition) is 4. The van der Waals surface area contributed by atoms with Gasteiger partial charge in [0.2, 0.25) is 11.8 Å².